The number of anilines is 1. The number of aromatic amines is 1. The summed E-state index contributed by atoms with van der Waals surface area (Å²) in [6.07, 6.45) is 1.59. The van der Waals surface area contributed by atoms with Crippen LogP contribution in [0.15, 0.2) is 53.6 Å². The minimum absolute atomic E-state index is 0.323. The van der Waals surface area contributed by atoms with Crippen molar-refractivity contribution in [3.8, 4) is 0 Å². The summed E-state index contributed by atoms with van der Waals surface area (Å²) < 4.78 is 27.1. The van der Waals surface area contributed by atoms with E-state index in [-0.39, 0.29) is 0 Å². The molecule has 6 nitrogen and oxygen atoms in total. The van der Waals surface area contributed by atoms with Crippen LogP contribution in [-0.4, -0.2) is 53.0 Å². The van der Waals surface area contributed by atoms with Gasteiger partial charge in [-0.15, -0.1) is 0 Å². The summed E-state index contributed by atoms with van der Waals surface area (Å²) in [4.78, 5) is 6.88. The van der Waals surface area contributed by atoms with Gasteiger partial charge in [0.25, 0.3) is 5.82 Å². The quantitative estimate of drug-likeness (QED) is 0.791. The number of nitrogens with zero attached hydrogens (tertiary/aromatic N) is 2. The van der Waals surface area contributed by atoms with Gasteiger partial charge in [-0.2, -0.15) is 4.31 Å². The predicted molar refractivity (Wildman–Crippen MR) is 96.9 cm³/mol. The smallest absolute Gasteiger partial charge is 0.274 e. The maximum absolute atomic E-state index is 12.7. The number of piperazine rings is 1. The molecule has 134 valence electrons. The minimum atomic E-state index is -3.42. The molecule has 1 aliphatic rings. The Kier molecular flexibility index (Phi) is 5.36. The highest BCUT2D eigenvalue weighted by atomic mass is 32.2. The molecule has 2 heterocycles. The maximum Gasteiger partial charge on any atom is 0.274 e. The van der Waals surface area contributed by atoms with Crippen molar-refractivity contribution in [2.24, 2.45) is 0 Å². The van der Waals surface area contributed by atoms with Gasteiger partial charge in [-0.1, -0.05) is 30.3 Å². The van der Waals surface area contributed by atoms with Gasteiger partial charge in [0.1, 0.15) is 17.6 Å². The van der Waals surface area contributed by atoms with Gasteiger partial charge in [-0.25, -0.2) is 13.4 Å². The summed E-state index contributed by atoms with van der Waals surface area (Å²) in [6, 6.07) is 13.7. The number of quaternary nitrogens is 1. The number of H-pyrrole nitrogens is 1. The fraction of sp³-hybridized carbons (Fsp3) is 0.389. The van der Waals surface area contributed by atoms with E-state index in [4.69, 9.17) is 0 Å². The van der Waals surface area contributed by atoms with Crippen LogP contribution in [0.5, 0.6) is 0 Å². The molecular formula is C18H26N4O2S+2. The molecule has 1 aliphatic heterocycles. The SMILES string of the molecule is CN(Cc1ccccc1)c1ccc(S(=O)(=O)N2CC[NH+](C)CC2)c[nH+]1. The highest BCUT2D eigenvalue weighted by Gasteiger charge is 2.30. The lowest BCUT2D eigenvalue weighted by Crippen LogP contribution is -3.12. The van der Waals surface area contributed by atoms with Crippen LogP contribution in [0, 0.1) is 0 Å². The van der Waals surface area contributed by atoms with Crippen LogP contribution in [0.3, 0.4) is 0 Å². The molecule has 1 aromatic carbocycles. The number of hydrogen-bond acceptors (Lipinski definition) is 3. The van der Waals surface area contributed by atoms with Crippen molar-refractivity contribution in [3.05, 3.63) is 54.2 Å². The molecule has 1 saturated heterocycles. The average Bonchev–Trinajstić information content (AvgIpc) is 2.63. The summed E-state index contributed by atoms with van der Waals surface area (Å²) in [5.41, 5.74) is 1.20. The number of benzene rings is 1. The standard InChI is InChI=1S/C18H24N4O2S/c1-20-10-12-22(13-11-20)25(23,24)17-8-9-18(19-14-17)21(2)15-16-6-4-3-5-7-16/h3-9,14H,10-13,15H2,1-2H3/p+2. The van der Waals surface area contributed by atoms with E-state index in [2.05, 4.69) is 29.1 Å². The highest BCUT2D eigenvalue weighted by Crippen LogP contribution is 2.16. The molecule has 25 heavy (non-hydrogen) atoms. The molecule has 1 aromatic heterocycles. The third-order valence-electron chi connectivity index (χ3n) is 4.66. The van der Waals surface area contributed by atoms with Crippen molar-refractivity contribution < 1.29 is 18.3 Å². The monoisotopic (exact) mass is 362 g/mol. The van der Waals surface area contributed by atoms with Crippen LogP contribution >= 0.6 is 0 Å². The van der Waals surface area contributed by atoms with Gasteiger partial charge in [0.2, 0.25) is 10.0 Å². The fourth-order valence-corrected chi connectivity index (χ4v) is 4.41. The number of aromatic nitrogens is 1. The van der Waals surface area contributed by atoms with E-state index in [0.717, 1.165) is 25.5 Å². The zero-order valence-electron chi connectivity index (χ0n) is 14.8. The predicted octanol–water partition coefficient (Wildman–Crippen LogP) is -0.344. The Bertz CT molecular complexity index is 786. The molecule has 3 rings (SSSR count). The topological polar surface area (TPSA) is 59.2 Å². The number of pyridine rings is 1. The van der Waals surface area contributed by atoms with Gasteiger partial charge >= 0.3 is 0 Å². The van der Waals surface area contributed by atoms with E-state index in [0.29, 0.717) is 18.0 Å². The molecule has 0 spiro atoms. The van der Waals surface area contributed by atoms with Crippen LogP contribution in [0.2, 0.25) is 0 Å². The van der Waals surface area contributed by atoms with Crippen molar-refractivity contribution in [1.29, 1.82) is 0 Å². The highest BCUT2D eigenvalue weighted by molar-refractivity contribution is 7.89. The first-order valence-electron chi connectivity index (χ1n) is 8.55. The number of sulfonamides is 1. The largest absolute Gasteiger partial charge is 0.335 e. The summed E-state index contributed by atoms with van der Waals surface area (Å²) in [7, 11) is 0.658. The summed E-state index contributed by atoms with van der Waals surface area (Å²) in [5.74, 6) is 0.880. The molecule has 0 amide bonds. The van der Waals surface area contributed by atoms with E-state index in [9.17, 15) is 8.42 Å². The third kappa shape index (κ3) is 4.18. The molecule has 1 fully saturated rings. The van der Waals surface area contributed by atoms with Gasteiger partial charge in [0.15, 0.2) is 0 Å². The van der Waals surface area contributed by atoms with Crippen LogP contribution < -0.4 is 14.8 Å². The van der Waals surface area contributed by atoms with Crippen molar-refractivity contribution >= 4 is 15.8 Å². The lowest BCUT2D eigenvalue weighted by Gasteiger charge is -2.29. The Morgan fingerprint density at radius 2 is 1.80 bits per heavy atom. The average molecular weight is 362 g/mol. The van der Waals surface area contributed by atoms with E-state index in [1.54, 1.807) is 16.6 Å². The normalized spacial score (nSPS) is 16.7. The fourth-order valence-electron chi connectivity index (χ4n) is 3.00. The minimum Gasteiger partial charge on any atom is -0.335 e. The Morgan fingerprint density at radius 1 is 1.12 bits per heavy atom. The molecule has 7 heteroatoms. The van der Waals surface area contributed by atoms with Crippen molar-refractivity contribution in [3.63, 3.8) is 0 Å². The molecule has 2 aromatic rings. The van der Waals surface area contributed by atoms with Gasteiger partial charge in [-0.3, -0.25) is 4.90 Å². The molecule has 0 radical (unpaired) electrons. The molecule has 0 saturated carbocycles. The summed E-state index contributed by atoms with van der Waals surface area (Å²) in [5, 5.41) is 0. The Hall–Kier alpha value is -1.96. The Labute approximate surface area is 149 Å². The first-order chi connectivity index (χ1) is 12.0. The van der Waals surface area contributed by atoms with Crippen LogP contribution in [0.4, 0.5) is 5.82 Å². The van der Waals surface area contributed by atoms with E-state index < -0.39 is 10.0 Å². The van der Waals surface area contributed by atoms with Crippen molar-refractivity contribution in [2.45, 2.75) is 11.4 Å². The molecule has 0 unspecified atom stereocenters. The number of nitrogens with one attached hydrogen (secondary N) is 2. The lowest BCUT2D eigenvalue weighted by atomic mass is 10.2. The first-order valence-corrected chi connectivity index (χ1v) is 9.99. The Morgan fingerprint density at radius 3 is 2.40 bits per heavy atom. The van der Waals surface area contributed by atoms with E-state index in [1.165, 1.54) is 10.5 Å². The van der Waals surface area contributed by atoms with Crippen LogP contribution in [0.1, 0.15) is 5.56 Å². The zero-order chi connectivity index (χ0) is 17.9. The van der Waals surface area contributed by atoms with Crippen molar-refractivity contribution in [2.75, 3.05) is 45.2 Å². The van der Waals surface area contributed by atoms with Gasteiger partial charge < -0.3 is 4.90 Å². The second-order valence-electron chi connectivity index (χ2n) is 6.61. The number of hydrogen-bond donors (Lipinski definition) is 1. The maximum atomic E-state index is 12.7. The summed E-state index contributed by atoms with van der Waals surface area (Å²) in [6.45, 7) is 3.60. The molecule has 0 aliphatic carbocycles. The van der Waals surface area contributed by atoms with E-state index >= 15 is 0 Å². The van der Waals surface area contributed by atoms with E-state index in [1.807, 2.05) is 31.3 Å². The van der Waals surface area contributed by atoms with Gasteiger partial charge in [0.05, 0.1) is 40.3 Å². The van der Waals surface area contributed by atoms with Crippen LogP contribution in [-0.2, 0) is 16.6 Å². The van der Waals surface area contributed by atoms with Crippen LogP contribution in [0.25, 0.3) is 0 Å². The zero-order valence-corrected chi connectivity index (χ0v) is 15.6. The second kappa shape index (κ2) is 7.51. The second-order valence-corrected chi connectivity index (χ2v) is 8.55. The molecule has 0 atom stereocenters. The third-order valence-corrected chi connectivity index (χ3v) is 6.55. The van der Waals surface area contributed by atoms with Crippen molar-refractivity contribution in [1.82, 2.24) is 4.31 Å². The molecule has 2 N–H and O–H groups in total. The Balaban J connectivity index is 1.71. The first kappa shape index (κ1) is 17.8. The number of likely N-dealkylation sites (N-methyl/N-ethyl adjacent to an activating group) is 1. The molecule has 0 bridgehead atoms. The lowest BCUT2D eigenvalue weighted by molar-refractivity contribution is -0.883. The summed E-state index contributed by atoms with van der Waals surface area (Å²) >= 11 is 0. The number of rotatable bonds is 5. The van der Waals surface area contributed by atoms with Gasteiger partial charge in [0, 0.05) is 6.07 Å². The van der Waals surface area contributed by atoms with Gasteiger partial charge in [-0.05, 0) is 11.6 Å². The molecular weight excluding hydrogens is 336 g/mol.